The Morgan fingerprint density at radius 3 is 2.47 bits per heavy atom. The second kappa shape index (κ2) is 8.58. The Hall–Kier alpha value is -2.69. The Labute approximate surface area is 173 Å². The molecule has 0 amide bonds. The van der Waals surface area contributed by atoms with E-state index in [1.807, 2.05) is 6.92 Å². The van der Waals surface area contributed by atoms with Crippen molar-refractivity contribution in [3.63, 3.8) is 0 Å². The minimum absolute atomic E-state index is 0.0497. The predicted octanol–water partition coefficient (Wildman–Crippen LogP) is 5.26. The van der Waals surface area contributed by atoms with Gasteiger partial charge >= 0.3 is 6.18 Å². The zero-order valence-corrected chi connectivity index (χ0v) is 16.7. The summed E-state index contributed by atoms with van der Waals surface area (Å²) in [6, 6.07) is -0.204. The molecule has 0 aliphatic heterocycles. The van der Waals surface area contributed by atoms with Crippen LogP contribution < -0.4 is 10.1 Å². The van der Waals surface area contributed by atoms with Crippen LogP contribution in [0.25, 0.3) is 16.9 Å². The molecule has 0 spiro atoms. The molecule has 30 heavy (non-hydrogen) atoms. The summed E-state index contributed by atoms with van der Waals surface area (Å²) in [5.41, 5.74) is -1.08. The molecule has 0 bridgehead atoms. The fourth-order valence-corrected chi connectivity index (χ4v) is 2.92. The van der Waals surface area contributed by atoms with Crippen molar-refractivity contribution in [2.45, 2.75) is 38.9 Å². The van der Waals surface area contributed by atoms with Crippen LogP contribution in [-0.4, -0.2) is 38.4 Å². The number of aromatic nitrogens is 4. The lowest BCUT2D eigenvalue weighted by molar-refractivity contribution is -0.138. The number of unbranched alkanes of at least 4 members (excludes halogenated alkanes) is 1. The molecule has 6 nitrogen and oxygen atoms in total. The Morgan fingerprint density at radius 2 is 1.87 bits per heavy atom. The molecule has 1 unspecified atom stereocenters. The lowest BCUT2D eigenvalue weighted by Gasteiger charge is -2.21. The summed E-state index contributed by atoms with van der Waals surface area (Å²) >= 11 is 6.11. The van der Waals surface area contributed by atoms with Crippen molar-refractivity contribution in [2.24, 2.45) is 0 Å². The summed E-state index contributed by atoms with van der Waals surface area (Å²) in [5.74, 6) is -2.74. The highest BCUT2D eigenvalue weighted by Crippen LogP contribution is 2.39. The van der Waals surface area contributed by atoms with Gasteiger partial charge in [0.2, 0.25) is 0 Å². The summed E-state index contributed by atoms with van der Waals surface area (Å²) in [7, 11) is 0. The van der Waals surface area contributed by atoms with Crippen LogP contribution in [0.2, 0.25) is 5.15 Å². The van der Waals surface area contributed by atoms with Crippen LogP contribution in [0, 0.1) is 11.6 Å². The van der Waals surface area contributed by atoms with Gasteiger partial charge in [-0.1, -0.05) is 24.9 Å². The number of hydrogen-bond donors (Lipinski definition) is 1. The third-order valence-corrected chi connectivity index (χ3v) is 4.53. The van der Waals surface area contributed by atoms with E-state index in [1.165, 1.54) is 0 Å². The van der Waals surface area contributed by atoms with Crippen molar-refractivity contribution in [2.75, 3.05) is 11.9 Å². The fraction of sp³-hybridized carbons (Fsp3) is 0.389. The smallest absolute Gasteiger partial charge is 0.408 e. The molecule has 0 radical (unpaired) electrons. The van der Waals surface area contributed by atoms with Gasteiger partial charge in [-0.25, -0.2) is 8.78 Å². The van der Waals surface area contributed by atoms with E-state index in [2.05, 4.69) is 20.4 Å². The first-order chi connectivity index (χ1) is 14.1. The largest absolute Gasteiger partial charge is 0.493 e. The number of halogens is 6. The molecule has 0 saturated heterocycles. The van der Waals surface area contributed by atoms with Gasteiger partial charge in [-0.3, -0.25) is 0 Å². The first-order valence-electron chi connectivity index (χ1n) is 8.98. The number of ether oxygens (including phenoxy) is 1. The Bertz CT molecular complexity index is 1030. The second-order valence-corrected chi connectivity index (χ2v) is 6.83. The average molecular weight is 450 g/mol. The van der Waals surface area contributed by atoms with E-state index < -0.39 is 46.0 Å². The third kappa shape index (κ3) is 4.40. The SMILES string of the molecule is CCCCOc1cc(F)c(-c2c(Cl)nc3ncnn3c2NC(C)C(F)(F)F)c(F)c1. The van der Waals surface area contributed by atoms with Crippen LogP contribution in [0.3, 0.4) is 0 Å². The second-order valence-electron chi connectivity index (χ2n) is 6.47. The van der Waals surface area contributed by atoms with Crippen molar-refractivity contribution >= 4 is 23.2 Å². The molecule has 1 N–H and O–H groups in total. The van der Waals surface area contributed by atoms with E-state index in [-0.39, 0.29) is 18.1 Å². The summed E-state index contributed by atoms with van der Waals surface area (Å²) < 4.78 is 75.3. The van der Waals surface area contributed by atoms with Crippen LogP contribution in [-0.2, 0) is 0 Å². The van der Waals surface area contributed by atoms with Gasteiger partial charge < -0.3 is 10.1 Å². The third-order valence-electron chi connectivity index (χ3n) is 4.26. The molecule has 3 rings (SSSR count). The van der Waals surface area contributed by atoms with E-state index >= 15 is 0 Å². The molecule has 1 aromatic carbocycles. The van der Waals surface area contributed by atoms with Crippen LogP contribution >= 0.6 is 11.6 Å². The normalized spacial score (nSPS) is 12.9. The maximum Gasteiger partial charge on any atom is 0.408 e. The zero-order valence-electron chi connectivity index (χ0n) is 15.9. The summed E-state index contributed by atoms with van der Waals surface area (Å²) in [5, 5.41) is 5.53. The molecule has 1 atom stereocenters. The molecule has 0 aliphatic carbocycles. The van der Waals surface area contributed by atoms with Gasteiger partial charge in [-0.15, -0.1) is 0 Å². The van der Waals surface area contributed by atoms with Crippen molar-refractivity contribution in [3.05, 3.63) is 35.2 Å². The summed E-state index contributed by atoms with van der Waals surface area (Å²) in [6.45, 7) is 3.04. The van der Waals surface area contributed by atoms with Crippen LogP contribution in [0.4, 0.5) is 27.8 Å². The van der Waals surface area contributed by atoms with Gasteiger partial charge in [0.15, 0.2) is 0 Å². The van der Waals surface area contributed by atoms with Crippen molar-refractivity contribution in [1.29, 1.82) is 0 Å². The van der Waals surface area contributed by atoms with E-state index in [9.17, 15) is 22.0 Å². The van der Waals surface area contributed by atoms with E-state index in [1.54, 1.807) is 0 Å². The molecule has 162 valence electrons. The molecule has 2 aromatic heterocycles. The Kier molecular flexibility index (Phi) is 6.30. The van der Waals surface area contributed by atoms with E-state index in [0.717, 1.165) is 36.3 Å². The standard InChI is InChI=1S/C18H17ClF5N5O/c1-3-4-5-30-10-6-11(20)13(12(21)7-10)14-15(19)28-17-25-8-26-29(17)16(14)27-9(2)18(22,23)24/h6-9,27H,3-5H2,1-2H3. The first kappa shape index (κ1) is 22.0. The van der Waals surface area contributed by atoms with Crippen molar-refractivity contribution < 1.29 is 26.7 Å². The predicted molar refractivity (Wildman–Crippen MR) is 101 cm³/mol. The van der Waals surface area contributed by atoms with Crippen LogP contribution in [0.5, 0.6) is 5.75 Å². The number of anilines is 1. The Morgan fingerprint density at radius 1 is 1.20 bits per heavy atom. The molecule has 2 heterocycles. The van der Waals surface area contributed by atoms with Crippen molar-refractivity contribution in [3.8, 4) is 16.9 Å². The number of nitrogens with one attached hydrogen (secondary N) is 1. The lowest BCUT2D eigenvalue weighted by atomic mass is 10.1. The van der Waals surface area contributed by atoms with Gasteiger partial charge in [-0.2, -0.15) is 32.8 Å². The molecule has 12 heteroatoms. The van der Waals surface area contributed by atoms with E-state index in [0.29, 0.717) is 6.42 Å². The number of benzene rings is 1. The molecule has 0 aliphatic rings. The zero-order chi connectivity index (χ0) is 22.1. The van der Waals surface area contributed by atoms with Gasteiger partial charge in [0, 0.05) is 12.1 Å². The first-order valence-corrected chi connectivity index (χ1v) is 9.36. The highest BCUT2D eigenvalue weighted by Gasteiger charge is 2.37. The lowest BCUT2D eigenvalue weighted by Crippen LogP contribution is -2.34. The highest BCUT2D eigenvalue weighted by molar-refractivity contribution is 6.33. The summed E-state index contributed by atoms with van der Waals surface area (Å²) in [4.78, 5) is 7.65. The van der Waals surface area contributed by atoms with Crippen LogP contribution in [0.1, 0.15) is 26.7 Å². The quantitative estimate of drug-likeness (QED) is 0.302. The van der Waals surface area contributed by atoms with Gasteiger partial charge in [-0.05, 0) is 13.3 Å². The molecular weight excluding hydrogens is 433 g/mol. The van der Waals surface area contributed by atoms with Gasteiger partial charge in [0.05, 0.1) is 17.7 Å². The molecule has 0 fully saturated rings. The molecule has 0 saturated carbocycles. The maximum absolute atomic E-state index is 14.9. The monoisotopic (exact) mass is 449 g/mol. The highest BCUT2D eigenvalue weighted by atomic mass is 35.5. The van der Waals surface area contributed by atoms with Gasteiger partial charge in [0.1, 0.15) is 40.7 Å². The minimum Gasteiger partial charge on any atom is -0.493 e. The number of hydrogen-bond acceptors (Lipinski definition) is 5. The van der Waals surface area contributed by atoms with Crippen molar-refractivity contribution in [1.82, 2.24) is 19.6 Å². The maximum atomic E-state index is 14.9. The van der Waals surface area contributed by atoms with E-state index in [4.69, 9.17) is 16.3 Å². The minimum atomic E-state index is -4.64. The number of nitrogens with zero attached hydrogens (tertiary/aromatic N) is 4. The Balaban J connectivity index is 2.16. The molecule has 3 aromatic rings. The average Bonchev–Trinajstić information content (AvgIpc) is 3.10. The fourth-order valence-electron chi connectivity index (χ4n) is 2.66. The number of alkyl halides is 3. The number of fused-ring (bicyclic) bond motifs is 1. The van der Waals surface area contributed by atoms with Crippen LogP contribution in [0.15, 0.2) is 18.5 Å². The number of rotatable bonds is 7. The molecular formula is C18H17ClF5N5O. The van der Waals surface area contributed by atoms with Gasteiger partial charge in [0.25, 0.3) is 5.78 Å². The topological polar surface area (TPSA) is 64.3 Å². The summed E-state index contributed by atoms with van der Waals surface area (Å²) in [6.07, 6.45) is -2.10.